The molecule has 0 bridgehead atoms. The van der Waals surface area contributed by atoms with Crippen LogP contribution in [0.4, 0.5) is 13.2 Å². The van der Waals surface area contributed by atoms with E-state index in [1.54, 1.807) is 0 Å². The van der Waals surface area contributed by atoms with Gasteiger partial charge in [-0.3, -0.25) is 0 Å². The summed E-state index contributed by atoms with van der Waals surface area (Å²) in [5.41, 5.74) is 0. The van der Waals surface area contributed by atoms with E-state index in [1.807, 2.05) is 0 Å². The molecule has 19 heavy (non-hydrogen) atoms. The van der Waals surface area contributed by atoms with Crippen LogP contribution in [0.15, 0.2) is 0 Å². The molecule has 0 radical (unpaired) electrons. The lowest BCUT2D eigenvalue weighted by atomic mass is 9.98. The van der Waals surface area contributed by atoms with E-state index in [4.69, 9.17) is 0 Å². The van der Waals surface area contributed by atoms with Crippen LogP contribution in [-0.4, -0.2) is 51.5 Å². The van der Waals surface area contributed by atoms with Crippen molar-refractivity contribution in [3.8, 4) is 0 Å². The molecule has 1 rings (SSSR count). The van der Waals surface area contributed by atoms with E-state index in [2.05, 4.69) is 9.56 Å². The molecule has 1 aliphatic heterocycles. The van der Waals surface area contributed by atoms with E-state index in [9.17, 15) is 26.4 Å². The predicted octanol–water partition coefficient (Wildman–Crippen LogP) is 0.268. The summed E-state index contributed by atoms with van der Waals surface area (Å²) in [4.78, 5) is 14.8. The summed E-state index contributed by atoms with van der Waals surface area (Å²) < 4.78 is 60.0. The highest BCUT2D eigenvalue weighted by atomic mass is 32.2. The fourth-order valence-electron chi connectivity index (χ4n) is 1.64. The zero-order valence-corrected chi connectivity index (χ0v) is 11.1. The molecule has 0 aromatic rings. The largest absolute Gasteiger partial charge is 0.492 e. The summed E-state index contributed by atoms with van der Waals surface area (Å²) in [7, 11) is -3.27. The van der Waals surface area contributed by atoms with Crippen molar-refractivity contribution in [1.29, 1.82) is 0 Å². The van der Waals surface area contributed by atoms with Crippen molar-refractivity contribution in [3.63, 3.8) is 0 Å². The van der Waals surface area contributed by atoms with Crippen molar-refractivity contribution in [2.45, 2.75) is 19.0 Å². The standard InChI is InChI=1S/C9H15F3N2O4S/c1-19(16,17)13-6-7-2-4-14(5-3-7)18-8(15)9(10,11)12/h7,13H,2-6H2,1H3. The van der Waals surface area contributed by atoms with Crippen molar-refractivity contribution < 1.29 is 31.2 Å². The molecule has 0 aromatic carbocycles. The normalized spacial score (nSPS) is 19.4. The van der Waals surface area contributed by atoms with Crippen LogP contribution in [0.2, 0.25) is 0 Å². The molecule has 0 aromatic heterocycles. The van der Waals surface area contributed by atoms with Gasteiger partial charge in [0.1, 0.15) is 0 Å². The first-order valence-electron chi connectivity index (χ1n) is 5.56. The van der Waals surface area contributed by atoms with Crippen LogP contribution in [0.25, 0.3) is 0 Å². The third-order valence-electron chi connectivity index (χ3n) is 2.65. The molecule has 0 aliphatic carbocycles. The second-order valence-electron chi connectivity index (χ2n) is 4.37. The first-order chi connectivity index (χ1) is 8.58. The van der Waals surface area contributed by atoms with Crippen LogP contribution in [0.1, 0.15) is 12.8 Å². The molecule has 1 fully saturated rings. The SMILES string of the molecule is CS(=O)(=O)NCC1CCN(OC(=O)C(F)(F)F)CC1. The Hall–Kier alpha value is -0.870. The van der Waals surface area contributed by atoms with Gasteiger partial charge in [0.25, 0.3) is 0 Å². The van der Waals surface area contributed by atoms with Crippen molar-refractivity contribution >= 4 is 16.0 Å². The van der Waals surface area contributed by atoms with Crippen LogP contribution in [-0.2, 0) is 19.7 Å². The first-order valence-corrected chi connectivity index (χ1v) is 7.46. The number of nitrogens with zero attached hydrogens (tertiary/aromatic N) is 1. The van der Waals surface area contributed by atoms with Gasteiger partial charge in [-0.15, -0.1) is 5.06 Å². The van der Waals surface area contributed by atoms with E-state index in [0.29, 0.717) is 12.8 Å². The van der Waals surface area contributed by atoms with Gasteiger partial charge in [0, 0.05) is 19.6 Å². The monoisotopic (exact) mass is 304 g/mol. The molecule has 1 N–H and O–H groups in total. The van der Waals surface area contributed by atoms with Gasteiger partial charge in [-0.1, -0.05) is 0 Å². The fraction of sp³-hybridized carbons (Fsp3) is 0.889. The van der Waals surface area contributed by atoms with E-state index >= 15 is 0 Å². The maximum absolute atomic E-state index is 12.0. The van der Waals surface area contributed by atoms with Crippen LogP contribution in [0, 0.1) is 5.92 Å². The summed E-state index contributed by atoms with van der Waals surface area (Å²) in [6.07, 6.45) is -3.07. The highest BCUT2D eigenvalue weighted by Crippen LogP contribution is 2.21. The molecule has 0 atom stereocenters. The highest BCUT2D eigenvalue weighted by Gasteiger charge is 2.42. The quantitative estimate of drug-likeness (QED) is 0.807. The number of carbonyl (C=O) groups is 1. The maximum Gasteiger partial charge on any atom is 0.492 e. The number of carbonyl (C=O) groups excluding carboxylic acids is 1. The minimum absolute atomic E-state index is 0.0237. The number of alkyl halides is 3. The van der Waals surface area contributed by atoms with E-state index in [1.165, 1.54) is 0 Å². The number of piperidine rings is 1. The number of nitrogens with one attached hydrogen (secondary N) is 1. The Labute approximate surface area is 108 Å². The Balaban J connectivity index is 2.31. The number of hydrogen-bond acceptors (Lipinski definition) is 5. The predicted molar refractivity (Wildman–Crippen MR) is 59.3 cm³/mol. The maximum atomic E-state index is 12.0. The zero-order valence-electron chi connectivity index (χ0n) is 10.2. The Morgan fingerprint density at radius 2 is 1.89 bits per heavy atom. The van der Waals surface area contributed by atoms with Gasteiger partial charge in [0.15, 0.2) is 0 Å². The number of rotatable bonds is 4. The fourth-order valence-corrected chi connectivity index (χ4v) is 2.18. The van der Waals surface area contributed by atoms with Crippen LogP contribution >= 0.6 is 0 Å². The highest BCUT2D eigenvalue weighted by molar-refractivity contribution is 7.88. The molecule has 1 aliphatic rings. The number of sulfonamides is 1. The lowest BCUT2D eigenvalue weighted by molar-refractivity contribution is -0.242. The lowest BCUT2D eigenvalue weighted by Gasteiger charge is -2.30. The average molecular weight is 304 g/mol. The molecule has 0 spiro atoms. The van der Waals surface area contributed by atoms with E-state index in [-0.39, 0.29) is 25.6 Å². The van der Waals surface area contributed by atoms with Crippen molar-refractivity contribution in [1.82, 2.24) is 9.79 Å². The van der Waals surface area contributed by atoms with Gasteiger partial charge in [0.2, 0.25) is 10.0 Å². The molecular weight excluding hydrogens is 289 g/mol. The van der Waals surface area contributed by atoms with Gasteiger partial charge >= 0.3 is 12.1 Å². The topological polar surface area (TPSA) is 75.7 Å². The van der Waals surface area contributed by atoms with E-state index in [0.717, 1.165) is 11.3 Å². The summed E-state index contributed by atoms with van der Waals surface area (Å²) in [6.45, 7) is 0.537. The van der Waals surface area contributed by atoms with Gasteiger partial charge in [-0.25, -0.2) is 17.9 Å². The van der Waals surface area contributed by atoms with E-state index < -0.39 is 22.2 Å². The summed E-state index contributed by atoms with van der Waals surface area (Å²) in [5, 5.41) is 0.951. The van der Waals surface area contributed by atoms with Gasteiger partial charge in [0.05, 0.1) is 6.26 Å². The van der Waals surface area contributed by atoms with Crippen LogP contribution in [0.3, 0.4) is 0 Å². The van der Waals surface area contributed by atoms with Crippen molar-refractivity contribution in [3.05, 3.63) is 0 Å². The van der Waals surface area contributed by atoms with Crippen molar-refractivity contribution in [2.75, 3.05) is 25.9 Å². The number of hydroxylamine groups is 2. The van der Waals surface area contributed by atoms with Crippen molar-refractivity contribution in [2.24, 2.45) is 5.92 Å². The molecule has 0 unspecified atom stereocenters. The molecule has 10 heteroatoms. The minimum Gasteiger partial charge on any atom is -0.361 e. The molecule has 112 valence electrons. The van der Waals surface area contributed by atoms with Gasteiger partial charge in [-0.05, 0) is 18.8 Å². The molecular formula is C9H15F3N2O4S. The Bertz CT molecular complexity index is 416. The second kappa shape index (κ2) is 6.06. The Kier molecular flexibility index (Phi) is 5.16. The second-order valence-corrected chi connectivity index (χ2v) is 6.20. The minimum atomic E-state index is -5.01. The Morgan fingerprint density at radius 1 is 1.37 bits per heavy atom. The summed E-state index contributed by atoms with van der Waals surface area (Å²) in [5.74, 6) is -2.21. The molecule has 0 amide bonds. The average Bonchev–Trinajstić information content (AvgIpc) is 2.26. The summed E-state index contributed by atoms with van der Waals surface area (Å²) in [6, 6.07) is 0. The zero-order chi connectivity index (χ0) is 14.7. The molecule has 0 saturated carbocycles. The number of halogens is 3. The summed E-state index contributed by atoms with van der Waals surface area (Å²) >= 11 is 0. The first kappa shape index (κ1) is 16.2. The molecule has 1 saturated heterocycles. The van der Waals surface area contributed by atoms with Gasteiger partial charge in [-0.2, -0.15) is 13.2 Å². The lowest BCUT2D eigenvalue weighted by Crippen LogP contribution is -2.41. The third kappa shape index (κ3) is 6.21. The molecule has 6 nitrogen and oxygen atoms in total. The van der Waals surface area contributed by atoms with Gasteiger partial charge < -0.3 is 4.84 Å². The molecule has 1 heterocycles. The third-order valence-corrected chi connectivity index (χ3v) is 3.34. The Morgan fingerprint density at radius 3 is 2.32 bits per heavy atom. The smallest absolute Gasteiger partial charge is 0.361 e. The number of hydrogen-bond donors (Lipinski definition) is 1. The van der Waals surface area contributed by atoms with Crippen LogP contribution < -0.4 is 4.72 Å². The van der Waals surface area contributed by atoms with Crippen LogP contribution in [0.5, 0.6) is 0 Å².